The fourth-order valence-electron chi connectivity index (χ4n) is 1.39. The lowest BCUT2D eigenvalue weighted by Gasteiger charge is -2.12. The van der Waals surface area contributed by atoms with Gasteiger partial charge in [0, 0.05) is 12.8 Å². The Labute approximate surface area is 119 Å². The molecule has 0 aliphatic carbocycles. The van der Waals surface area contributed by atoms with Gasteiger partial charge in [0.25, 0.3) is 0 Å². The average Bonchev–Trinajstić information content (AvgIpc) is 2.27. The maximum Gasteiger partial charge on any atom is 0.241 e. The van der Waals surface area contributed by atoms with Crippen LogP contribution in [0, 0.1) is 6.92 Å². The smallest absolute Gasteiger partial charge is 0.241 e. The monoisotopic (exact) mass is 306 g/mol. The summed E-state index contributed by atoms with van der Waals surface area (Å²) in [5.41, 5.74) is 7.57. The van der Waals surface area contributed by atoms with Gasteiger partial charge in [-0.1, -0.05) is 29.8 Å². The Balaban J connectivity index is 0.00000324. The molecular formula is C12H19ClN2O3S. The number of rotatable bonds is 5. The fraction of sp³-hybridized carbons (Fsp3) is 0.417. The van der Waals surface area contributed by atoms with Crippen molar-refractivity contribution >= 4 is 28.2 Å². The molecule has 7 heteroatoms. The van der Waals surface area contributed by atoms with E-state index in [9.17, 15) is 13.2 Å². The lowest BCUT2D eigenvalue weighted by Crippen LogP contribution is -2.36. The summed E-state index contributed by atoms with van der Waals surface area (Å²) in [7, 11) is -3.07. The standard InChI is InChI=1S/C12H18N2O3S.ClH/c1-9-3-5-10(6-4-9)11(13)12(15)14-7-8-18(2,16)17;/h3-6,11H,7-8,13H2,1-2H3,(H,14,15);1H. The number of aryl methyl sites for hydroxylation is 1. The fourth-order valence-corrected chi connectivity index (χ4v) is 1.87. The summed E-state index contributed by atoms with van der Waals surface area (Å²) < 4.78 is 21.8. The predicted octanol–water partition coefficient (Wildman–Crippen LogP) is 0.577. The number of hydrogen-bond acceptors (Lipinski definition) is 4. The summed E-state index contributed by atoms with van der Waals surface area (Å²) in [6.45, 7) is 2.03. The van der Waals surface area contributed by atoms with Crippen molar-refractivity contribution in [1.82, 2.24) is 5.32 Å². The number of hydrogen-bond donors (Lipinski definition) is 2. The van der Waals surface area contributed by atoms with Gasteiger partial charge in [0.05, 0.1) is 5.75 Å². The molecule has 0 saturated heterocycles. The largest absolute Gasteiger partial charge is 0.353 e. The zero-order chi connectivity index (χ0) is 13.8. The molecule has 1 amide bonds. The first-order valence-corrected chi connectivity index (χ1v) is 7.63. The summed E-state index contributed by atoms with van der Waals surface area (Å²) in [6.07, 6.45) is 1.12. The van der Waals surface area contributed by atoms with Crippen molar-refractivity contribution in [1.29, 1.82) is 0 Å². The summed E-state index contributed by atoms with van der Waals surface area (Å²) >= 11 is 0. The topological polar surface area (TPSA) is 89.3 Å². The van der Waals surface area contributed by atoms with E-state index in [-0.39, 0.29) is 30.6 Å². The van der Waals surface area contributed by atoms with Gasteiger partial charge < -0.3 is 11.1 Å². The molecule has 1 aromatic carbocycles. The normalized spacial score (nSPS) is 12.4. The predicted molar refractivity (Wildman–Crippen MR) is 78.1 cm³/mol. The number of benzene rings is 1. The molecule has 0 aliphatic rings. The average molecular weight is 307 g/mol. The highest BCUT2D eigenvalue weighted by Gasteiger charge is 2.15. The van der Waals surface area contributed by atoms with Gasteiger partial charge in [0.1, 0.15) is 15.9 Å². The number of halogens is 1. The summed E-state index contributed by atoms with van der Waals surface area (Å²) in [5.74, 6) is -0.457. The molecule has 0 saturated carbocycles. The molecule has 0 aliphatic heterocycles. The number of carbonyl (C=O) groups is 1. The maximum atomic E-state index is 11.7. The minimum atomic E-state index is -3.07. The molecule has 1 aromatic rings. The minimum Gasteiger partial charge on any atom is -0.353 e. The maximum absolute atomic E-state index is 11.7. The highest BCUT2D eigenvalue weighted by molar-refractivity contribution is 7.90. The van der Waals surface area contributed by atoms with Crippen LogP contribution in [0.5, 0.6) is 0 Å². The van der Waals surface area contributed by atoms with Crippen LogP contribution in [0.1, 0.15) is 17.2 Å². The molecule has 0 bridgehead atoms. The third kappa shape index (κ3) is 6.56. The van der Waals surface area contributed by atoms with Crippen LogP contribution in [0.2, 0.25) is 0 Å². The summed E-state index contributed by atoms with van der Waals surface area (Å²) in [4.78, 5) is 11.7. The molecule has 1 rings (SSSR count). The van der Waals surface area contributed by atoms with Gasteiger partial charge in [-0.15, -0.1) is 12.4 Å². The first-order chi connectivity index (χ1) is 8.29. The highest BCUT2D eigenvalue weighted by Crippen LogP contribution is 2.11. The molecule has 0 aromatic heterocycles. The molecule has 0 heterocycles. The number of sulfone groups is 1. The molecule has 19 heavy (non-hydrogen) atoms. The Hall–Kier alpha value is -1.11. The van der Waals surface area contributed by atoms with E-state index in [0.29, 0.717) is 5.56 Å². The molecule has 0 radical (unpaired) electrons. The van der Waals surface area contributed by atoms with Crippen LogP contribution in [-0.4, -0.2) is 32.9 Å². The van der Waals surface area contributed by atoms with Gasteiger partial charge in [-0.25, -0.2) is 8.42 Å². The zero-order valence-electron chi connectivity index (χ0n) is 10.9. The van der Waals surface area contributed by atoms with Crippen LogP contribution >= 0.6 is 12.4 Å². The first-order valence-electron chi connectivity index (χ1n) is 5.57. The van der Waals surface area contributed by atoms with Gasteiger partial charge in [-0.2, -0.15) is 0 Å². The van der Waals surface area contributed by atoms with Crippen LogP contribution in [0.15, 0.2) is 24.3 Å². The lowest BCUT2D eigenvalue weighted by molar-refractivity contribution is -0.122. The molecule has 0 spiro atoms. The summed E-state index contributed by atoms with van der Waals surface area (Å²) in [6, 6.07) is 6.55. The van der Waals surface area contributed by atoms with Gasteiger partial charge in [0.2, 0.25) is 5.91 Å². The van der Waals surface area contributed by atoms with Crippen molar-refractivity contribution in [2.75, 3.05) is 18.6 Å². The Kier molecular flexibility index (Phi) is 7.04. The van der Waals surface area contributed by atoms with E-state index in [0.717, 1.165) is 11.8 Å². The van der Waals surface area contributed by atoms with Crippen molar-refractivity contribution in [3.05, 3.63) is 35.4 Å². The second-order valence-corrected chi connectivity index (χ2v) is 6.57. The van der Waals surface area contributed by atoms with Crippen molar-refractivity contribution < 1.29 is 13.2 Å². The number of amides is 1. The molecule has 0 fully saturated rings. The second kappa shape index (κ2) is 7.47. The zero-order valence-corrected chi connectivity index (χ0v) is 12.6. The quantitative estimate of drug-likeness (QED) is 0.832. The second-order valence-electron chi connectivity index (χ2n) is 4.31. The number of nitrogens with one attached hydrogen (secondary N) is 1. The van der Waals surface area contributed by atoms with Crippen molar-refractivity contribution in [2.45, 2.75) is 13.0 Å². The van der Waals surface area contributed by atoms with E-state index < -0.39 is 15.9 Å². The van der Waals surface area contributed by atoms with Crippen LogP contribution in [0.3, 0.4) is 0 Å². The SMILES string of the molecule is Cc1ccc(C(N)C(=O)NCCS(C)(=O)=O)cc1.Cl. The Morgan fingerprint density at radius 1 is 1.32 bits per heavy atom. The molecule has 1 unspecified atom stereocenters. The van der Waals surface area contributed by atoms with Crippen LogP contribution in [0.4, 0.5) is 0 Å². The highest BCUT2D eigenvalue weighted by atomic mass is 35.5. The van der Waals surface area contributed by atoms with Gasteiger partial charge >= 0.3 is 0 Å². The molecule has 108 valence electrons. The van der Waals surface area contributed by atoms with Gasteiger partial charge in [-0.05, 0) is 12.5 Å². The first kappa shape index (κ1) is 17.9. The van der Waals surface area contributed by atoms with E-state index in [1.165, 1.54) is 0 Å². The van der Waals surface area contributed by atoms with Gasteiger partial charge in [-0.3, -0.25) is 4.79 Å². The van der Waals surface area contributed by atoms with Crippen LogP contribution < -0.4 is 11.1 Å². The van der Waals surface area contributed by atoms with E-state index in [1.54, 1.807) is 12.1 Å². The van der Waals surface area contributed by atoms with Crippen LogP contribution in [-0.2, 0) is 14.6 Å². The van der Waals surface area contributed by atoms with E-state index in [1.807, 2.05) is 19.1 Å². The van der Waals surface area contributed by atoms with E-state index >= 15 is 0 Å². The summed E-state index contributed by atoms with van der Waals surface area (Å²) in [5, 5.41) is 2.51. The third-order valence-corrected chi connectivity index (χ3v) is 3.44. The molecule has 1 atom stereocenters. The Bertz CT molecular complexity index is 514. The van der Waals surface area contributed by atoms with E-state index in [4.69, 9.17) is 5.73 Å². The number of carbonyl (C=O) groups excluding carboxylic acids is 1. The van der Waals surface area contributed by atoms with E-state index in [2.05, 4.69) is 5.32 Å². The van der Waals surface area contributed by atoms with Crippen molar-refractivity contribution in [3.63, 3.8) is 0 Å². The van der Waals surface area contributed by atoms with Gasteiger partial charge in [0.15, 0.2) is 0 Å². The molecule has 3 N–H and O–H groups in total. The lowest BCUT2D eigenvalue weighted by atomic mass is 10.1. The molecular weight excluding hydrogens is 288 g/mol. The Morgan fingerprint density at radius 3 is 2.32 bits per heavy atom. The van der Waals surface area contributed by atoms with Crippen molar-refractivity contribution in [3.8, 4) is 0 Å². The third-order valence-electron chi connectivity index (χ3n) is 2.49. The Morgan fingerprint density at radius 2 is 1.84 bits per heavy atom. The van der Waals surface area contributed by atoms with Crippen LogP contribution in [0.25, 0.3) is 0 Å². The number of nitrogens with two attached hydrogens (primary N) is 1. The minimum absolute atomic E-state index is 0. The van der Waals surface area contributed by atoms with Crippen molar-refractivity contribution in [2.24, 2.45) is 5.73 Å². The molecule has 5 nitrogen and oxygen atoms in total.